The Kier molecular flexibility index (Phi) is 6.32. The highest BCUT2D eigenvalue weighted by Crippen LogP contribution is 2.60. The molecule has 0 rings (SSSR count). The largest absolute Gasteiger partial charge is 0.411 e. The highest BCUT2D eigenvalue weighted by atomic mass is 31.2. The molecule has 0 amide bonds. The van der Waals surface area contributed by atoms with Gasteiger partial charge in [0.25, 0.3) is 0 Å². The smallest absolute Gasteiger partial charge is 0.0933 e. The van der Waals surface area contributed by atoms with Gasteiger partial charge in [0.05, 0.1) is 12.9 Å². The lowest BCUT2D eigenvalue weighted by atomic mass is 10.1. The Morgan fingerprint density at radius 3 is 2.00 bits per heavy atom. The zero-order valence-corrected chi connectivity index (χ0v) is 12.2. The third-order valence-electron chi connectivity index (χ3n) is 3.13. The van der Waals surface area contributed by atoms with Gasteiger partial charge >= 0.3 is 0 Å². The van der Waals surface area contributed by atoms with Gasteiger partial charge in [-0.15, -0.1) is 0 Å². The van der Waals surface area contributed by atoms with Crippen LogP contribution < -0.4 is 0 Å². The molecule has 1 N–H and O–H groups in total. The van der Waals surface area contributed by atoms with Crippen molar-refractivity contribution in [1.82, 2.24) is 0 Å². The quantitative estimate of drug-likeness (QED) is 0.317. The first kappa shape index (κ1) is 15.7. The second kappa shape index (κ2) is 6.44. The van der Waals surface area contributed by atoms with Crippen molar-refractivity contribution in [2.75, 3.05) is 12.3 Å². The zero-order chi connectivity index (χ0) is 12.8. The molecule has 0 aliphatic carbocycles. The van der Waals surface area contributed by atoms with E-state index < -0.39 is 7.14 Å². The molecule has 0 aromatic heterocycles. The molecule has 0 saturated heterocycles. The van der Waals surface area contributed by atoms with Crippen LogP contribution in [0.4, 0.5) is 0 Å². The minimum Gasteiger partial charge on any atom is -0.411 e. The zero-order valence-electron chi connectivity index (χ0n) is 11.3. The second-order valence-corrected chi connectivity index (χ2v) is 9.04. The van der Waals surface area contributed by atoms with Crippen molar-refractivity contribution in [3.8, 4) is 0 Å². The van der Waals surface area contributed by atoms with E-state index in [0.717, 1.165) is 25.2 Å². The molecule has 0 heterocycles. The van der Waals surface area contributed by atoms with Crippen molar-refractivity contribution in [3.05, 3.63) is 0 Å². The summed E-state index contributed by atoms with van der Waals surface area (Å²) >= 11 is 0. The molecule has 0 unspecified atom stereocenters. The van der Waals surface area contributed by atoms with Gasteiger partial charge in [0, 0.05) is 23.9 Å². The average molecular weight is 247 g/mol. The molecule has 0 radical (unpaired) electrons. The van der Waals surface area contributed by atoms with Gasteiger partial charge in [0.15, 0.2) is 0 Å². The molecular weight excluding hydrogens is 221 g/mol. The fourth-order valence-corrected chi connectivity index (χ4v) is 5.64. The minimum atomic E-state index is -2.18. The van der Waals surface area contributed by atoms with Crippen molar-refractivity contribution >= 4 is 12.9 Å². The third-order valence-corrected chi connectivity index (χ3v) is 7.84. The van der Waals surface area contributed by atoms with E-state index in [4.69, 9.17) is 5.21 Å². The topological polar surface area (TPSA) is 49.7 Å². The number of nitrogens with zero attached hydrogens (tertiary/aromatic N) is 1. The van der Waals surface area contributed by atoms with Crippen LogP contribution in [0, 0.1) is 0 Å². The number of rotatable bonds is 7. The Morgan fingerprint density at radius 1 is 1.25 bits per heavy atom. The lowest BCUT2D eigenvalue weighted by Crippen LogP contribution is -2.26. The van der Waals surface area contributed by atoms with Gasteiger partial charge in [0.2, 0.25) is 0 Å². The molecule has 0 bridgehead atoms. The van der Waals surface area contributed by atoms with Crippen LogP contribution in [-0.4, -0.2) is 28.4 Å². The molecule has 0 saturated carbocycles. The molecule has 16 heavy (non-hydrogen) atoms. The predicted molar refractivity (Wildman–Crippen MR) is 71.5 cm³/mol. The first-order chi connectivity index (χ1) is 7.33. The summed E-state index contributed by atoms with van der Waals surface area (Å²) in [5.74, 6) is 0. The summed E-state index contributed by atoms with van der Waals surface area (Å²) in [6, 6.07) is 0. The van der Waals surface area contributed by atoms with Crippen molar-refractivity contribution in [3.63, 3.8) is 0 Å². The van der Waals surface area contributed by atoms with Crippen LogP contribution in [-0.2, 0) is 4.57 Å². The van der Waals surface area contributed by atoms with Gasteiger partial charge in [-0.25, -0.2) is 0 Å². The summed E-state index contributed by atoms with van der Waals surface area (Å²) in [5.41, 5.74) is 0.664. The first-order valence-electron chi connectivity index (χ1n) is 6.08. The van der Waals surface area contributed by atoms with Gasteiger partial charge in [-0.1, -0.05) is 32.9 Å². The van der Waals surface area contributed by atoms with E-state index in [1.54, 1.807) is 6.92 Å². The normalized spacial score (nSPS) is 14.2. The minimum absolute atomic E-state index is 0.255. The molecule has 3 nitrogen and oxygen atoms in total. The molecule has 0 aliphatic heterocycles. The van der Waals surface area contributed by atoms with Gasteiger partial charge in [0.1, 0.15) is 0 Å². The maximum atomic E-state index is 12.9. The number of hydrogen-bond donors (Lipinski definition) is 1. The van der Waals surface area contributed by atoms with Crippen LogP contribution in [0.1, 0.15) is 53.9 Å². The summed E-state index contributed by atoms with van der Waals surface area (Å²) in [4.78, 5) is 0. The molecule has 0 spiro atoms. The fourth-order valence-electron chi connectivity index (χ4n) is 2.25. The van der Waals surface area contributed by atoms with Crippen LogP contribution in [0.5, 0.6) is 0 Å². The predicted octanol–water partition coefficient (Wildman–Crippen LogP) is 4.19. The van der Waals surface area contributed by atoms with Crippen LogP contribution in [0.3, 0.4) is 0 Å². The van der Waals surface area contributed by atoms with E-state index >= 15 is 0 Å². The maximum absolute atomic E-state index is 12.9. The van der Waals surface area contributed by atoms with Gasteiger partial charge in [-0.05, 0) is 19.8 Å². The second-order valence-electron chi connectivity index (χ2n) is 5.16. The molecule has 0 aromatic rings. The molecule has 4 heteroatoms. The maximum Gasteiger partial charge on any atom is 0.0933 e. The molecule has 96 valence electrons. The van der Waals surface area contributed by atoms with E-state index in [0.29, 0.717) is 12.1 Å². The number of oxime groups is 1. The summed E-state index contributed by atoms with van der Waals surface area (Å²) in [6.07, 6.45) is 4.12. The van der Waals surface area contributed by atoms with E-state index in [9.17, 15) is 4.57 Å². The summed E-state index contributed by atoms with van der Waals surface area (Å²) in [5, 5.41) is 11.7. The number of hydrogen-bond acceptors (Lipinski definition) is 3. The van der Waals surface area contributed by atoms with Crippen LogP contribution in [0.2, 0.25) is 0 Å². The van der Waals surface area contributed by atoms with E-state index in [1.807, 2.05) is 13.8 Å². The molecule has 0 fully saturated rings. The highest BCUT2D eigenvalue weighted by Gasteiger charge is 2.38. The van der Waals surface area contributed by atoms with Crippen molar-refractivity contribution in [2.24, 2.45) is 5.16 Å². The standard InChI is InChI=1S/C12H26NO2P/c1-6-8-16(15,9-7-2)12(4,5)10-11(3)13-14/h14H,6-10H2,1-5H3. The van der Waals surface area contributed by atoms with Gasteiger partial charge < -0.3 is 9.77 Å². The lowest BCUT2D eigenvalue weighted by molar-refractivity contribution is 0.316. The van der Waals surface area contributed by atoms with E-state index in [1.165, 1.54) is 0 Å². The molecule has 0 aromatic carbocycles. The van der Waals surface area contributed by atoms with Gasteiger partial charge in [-0.2, -0.15) is 0 Å². The Morgan fingerprint density at radius 2 is 1.69 bits per heavy atom. The van der Waals surface area contributed by atoms with Crippen LogP contribution in [0.15, 0.2) is 5.16 Å². The molecule has 0 aliphatic rings. The summed E-state index contributed by atoms with van der Waals surface area (Å²) in [7, 11) is -2.18. The summed E-state index contributed by atoms with van der Waals surface area (Å²) < 4.78 is 12.9. The van der Waals surface area contributed by atoms with Gasteiger partial charge in [-0.3, -0.25) is 0 Å². The third kappa shape index (κ3) is 3.93. The Labute approximate surface area is 99.7 Å². The summed E-state index contributed by atoms with van der Waals surface area (Å²) in [6.45, 7) is 10.0. The van der Waals surface area contributed by atoms with Crippen molar-refractivity contribution in [1.29, 1.82) is 0 Å². The van der Waals surface area contributed by atoms with Crippen LogP contribution in [0.25, 0.3) is 0 Å². The monoisotopic (exact) mass is 247 g/mol. The average Bonchev–Trinajstić information content (AvgIpc) is 2.17. The highest BCUT2D eigenvalue weighted by molar-refractivity contribution is 7.65. The van der Waals surface area contributed by atoms with E-state index in [2.05, 4.69) is 19.0 Å². The molecule has 0 atom stereocenters. The SMILES string of the molecule is CCCP(=O)(CCC)C(C)(C)CC(C)=NO. The Balaban J connectivity index is 4.95. The van der Waals surface area contributed by atoms with Crippen LogP contribution >= 0.6 is 7.14 Å². The van der Waals surface area contributed by atoms with E-state index in [-0.39, 0.29) is 5.16 Å². The fraction of sp³-hybridized carbons (Fsp3) is 0.917. The molecular formula is C12H26NO2P. The Bertz CT molecular complexity index is 275. The Hall–Kier alpha value is -0.300. The lowest BCUT2D eigenvalue weighted by Gasteiger charge is -2.34. The first-order valence-corrected chi connectivity index (χ1v) is 8.16. The van der Waals surface area contributed by atoms with Crippen molar-refractivity contribution < 1.29 is 9.77 Å². The van der Waals surface area contributed by atoms with Crippen molar-refractivity contribution in [2.45, 2.75) is 59.0 Å².